The van der Waals surface area contributed by atoms with E-state index in [-0.39, 0.29) is 24.4 Å². The molecule has 2 unspecified atom stereocenters. The van der Waals surface area contributed by atoms with Crippen LogP contribution in [0.4, 0.5) is 0 Å². The molecule has 6 nitrogen and oxygen atoms in total. The predicted octanol–water partition coefficient (Wildman–Crippen LogP) is 2.94. The standard InChI is InChI=1S/C17H21N3O3.ClH/c1-12(20-9-5-8-14(11-20)17(21)22)16-18-15(19-23-16)10-13-6-3-2-4-7-13;/h2-4,6-7,12,14H,5,8-11H2,1H3,(H,21,22);1H. The van der Waals surface area contributed by atoms with Gasteiger partial charge in [-0.2, -0.15) is 4.98 Å². The molecule has 1 N–H and O–H groups in total. The fraction of sp³-hybridized carbons (Fsp3) is 0.471. The second-order valence-electron chi connectivity index (χ2n) is 6.06. The van der Waals surface area contributed by atoms with E-state index < -0.39 is 5.97 Å². The zero-order valence-corrected chi connectivity index (χ0v) is 14.4. The summed E-state index contributed by atoms with van der Waals surface area (Å²) in [5, 5.41) is 13.3. The Morgan fingerprint density at radius 1 is 1.42 bits per heavy atom. The van der Waals surface area contributed by atoms with Crippen molar-refractivity contribution in [3.05, 3.63) is 47.6 Å². The number of carboxylic acid groups (broad SMARTS) is 1. The Kier molecular flexibility index (Phi) is 6.34. The number of rotatable bonds is 5. The number of hydrogen-bond donors (Lipinski definition) is 1. The summed E-state index contributed by atoms with van der Waals surface area (Å²) < 4.78 is 5.40. The summed E-state index contributed by atoms with van der Waals surface area (Å²) in [7, 11) is 0. The van der Waals surface area contributed by atoms with Crippen LogP contribution in [0.5, 0.6) is 0 Å². The molecule has 1 saturated heterocycles. The maximum Gasteiger partial charge on any atom is 0.307 e. The third kappa shape index (κ3) is 4.33. The number of benzene rings is 1. The Labute approximate surface area is 147 Å². The number of hydrogen-bond acceptors (Lipinski definition) is 5. The van der Waals surface area contributed by atoms with E-state index in [0.29, 0.717) is 24.7 Å². The molecular formula is C17H22ClN3O3. The van der Waals surface area contributed by atoms with Crippen LogP contribution in [0, 0.1) is 5.92 Å². The molecule has 0 saturated carbocycles. The number of piperidine rings is 1. The zero-order chi connectivity index (χ0) is 16.2. The number of halogens is 1. The lowest BCUT2D eigenvalue weighted by atomic mass is 9.97. The molecule has 7 heteroatoms. The molecule has 0 radical (unpaired) electrons. The number of likely N-dealkylation sites (tertiary alicyclic amines) is 1. The van der Waals surface area contributed by atoms with Crippen molar-refractivity contribution in [3.8, 4) is 0 Å². The topological polar surface area (TPSA) is 79.5 Å². The van der Waals surface area contributed by atoms with Crippen LogP contribution in [-0.4, -0.2) is 39.2 Å². The van der Waals surface area contributed by atoms with Gasteiger partial charge in [-0.25, -0.2) is 0 Å². The fourth-order valence-electron chi connectivity index (χ4n) is 3.00. The molecule has 0 bridgehead atoms. The lowest BCUT2D eigenvalue weighted by molar-refractivity contribution is -0.144. The first kappa shape index (κ1) is 18.4. The minimum atomic E-state index is -0.725. The van der Waals surface area contributed by atoms with Gasteiger partial charge in [-0.3, -0.25) is 9.69 Å². The van der Waals surface area contributed by atoms with Gasteiger partial charge in [0, 0.05) is 13.0 Å². The Hall–Kier alpha value is -1.92. The number of aromatic nitrogens is 2. The molecule has 1 aromatic heterocycles. The first-order chi connectivity index (χ1) is 11.1. The molecule has 2 heterocycles. The highest BCUT2D eigenvalue weighted by atomic mass is 35.5. The summed E-state index contributed by atoms with van der Waals surface area (Å²) >= 11 is 0. The Morgan fingerprint density at radius 2 is 2.17 bits per heavy atom. The lowest BCUT2D eigenvalue weighted by Gasteiger charge is -2.33. The van der Waals surface area contributed by atoms with Gasteiger partial charge in [-0.05, 0) is 31.9 Å². The molecule has 0 aliphatic carbocycles. The van der Waals surface area contributed by atoms with Crippen LogP contribution in [0.2, 0.25) is 0 Å². The molecule has 2 atom stereocenters. The van der Waals surface area contributed by atoms with Gasteiger partial charge >= 0.3 is 5.97 Å². The minimum absolute atomic E-state index is 0. The highest BCUT2D eigenvalue weighted by molar-refractivity contribution is 5.85. The first-order valence-corrected chi connectivity index (χ1v) is 7.96. The molecule has 0 amide bonds. The van der Waals surface area contributed by atoms with Gasteiger partial charge < -0.3 is 9.63 Å². The van der Waals surface area contributed by atoms with Crippen molar-refractivity contribution in [2.45, 2.75) is 32.2 Å². The second kappa shape index (κ2) is 8.26. The first-order valence-electron chi connectivity index (χ1n) is 7.96. The molecule has 0 spiro atoms. The van der Waals surface area contributed by atoms with Gasteiger partial charge in [-0.1, -0.05) is 35.5 Å². The van der Waals surface area contributed by atoms with Crippen LogP contribution >= 0.6 is 12.4 Å². The van der Waals surface area contributed by atoms with Crippen molar-refractivity contribution in [1.82, 2.24) is 15.0 Å². The van der Waals surface area contributed by atoms with Crippen molar-refractivity contribution >= 4 is 18.4 Å². The molecule has 1 aliphatic rings. The number of aliphatic carboxylic acids is 1. The van der Waals surface area contributed by atoms with Gasteiger partial charge in [-0.15, -0.1) is 12.4 Å². The summed E-state index contributed by atoms with van der Waals surface area (Å²) in [5.74, 6) is 0.182. The van der Waals surface area contributed by atoms with Crippen LogP contribution in [0.25, 0.3) is 0 Å². The van der Waals surface area contributed by atoms with Crippen molar-refractivity contribution in [2.24, 2.45) is 5.92 Å². The maximum atomic E-state index is 11.2. The van der Waals surface area contributed by atoms with Crippen molar-refractivity contribution in [2.75, 3.05) is 13.1 Å². The summed E-state index contributed by atoms with van der Waals surface area (Å²) in [5.41, 5.74) is 1.14. The molecule has 1 aliphatic heterocycles. The number of nitrogens with zero attached hydrogens (tertiary/aromatic N) is 3. The summed E-state index contributed by atoms with van der Waals surface area (Å²) in [6.45, 7) is 3.39. The molecular weight excluding hydrogens is 330 g/mol. The van der Waals surface area contributed by atoms with Crippen molar-refractivity contribution in [1.29, 1.82) is 0 Å². The Morgan fingerprint density at radius 3 is 2.88 bits per heavy atom. The van der Waals surface area contributed by atoms with Gasteiger partial charge in [0.2, 0.25) is 5.89 Å². The maximum absolute atomic E-state index is 11.2. The largest absolute Gasteiger partial charge is 0.481 e. The molecule has 3 rings (SSSR count). The smallest absolute Gasteiger partial charge is 0.307 e. The highest BCUT2D eigenvalue weighted by Crippen LogP contribution is 2.26. The average molecular weight is 352 g/mol. The summed E-state index contributed by atoms with van der Waals surface area (Å²) in [6.07, 6.45) is 2.25. The van der Waals surface area contributed by atoms with E-state index >= 15 is 0 Å². The van der Waals surface area contributed by atoms with Crippen molar-refractivity contribution in [3.63, 3.8) is 0 Å². The fourth-order valence-corrected chi connectivity index (χ4v) is 3.00. The average Bonchev–Trinajstić information content (AvgIpc) is 3.03. The van der Waals surface area contributed by atoms with Gasteiger partial charge in [0.1, 0.15) is 0 Å². The molecule has 24 heavy (non-hydrogen) atoms. The quantitative estimate of drug-likeness (QED) is 0.892. The van der Waals surface area contributed by atoms with E-state index in [1.54, 1.807) is 0 Å². The van der Waals surface area contributed by atoms with Crippen LogP contribution in [-0.2, 0) is 11.2 Å². The second-order valence-corrected chi connectivity index (χ2v) is 6.06. The Bertz CT molecular complexity index is 662. The summed E-state index contributed by atoms with van der Waals surface area (Å²) in [4.78, 5) is 17.8. The third-order valence-electron chi connectivity index (χ3n) is 4.40. The van der Waals surface area contributed by atoms with Gasteiger partial charge in [0.15, 0.2) is 5.82 Å². The van der Waals surface area contributed by atoms with E-state index in [9.17, 15) is 9.90 Å². The molecule has 1 aromatic carbocycles. The SMILES string of the molecule is CC(c1nc(Cc2ccccc2)no1)N1CCCC(C(=O)O)C1.Cl. The van der Waals surface area contributed by atoms with Gasteiger partial charge in [0.05, 0.1) is 12.0 Å². The van der Waals surface area contributed by atoms with Crippen LogP contribution < -0.4 is 0 Å². The van der Waals surface area contributed by atoms with Crippen molar-refractivity contribution < 1.29 is 14.4 Å². The zero-order valence-electron chi connectivity index (χ0n) is 13.6. The third-order valence-corrected chi connectivity index (χ3v) is 4.40. The van der Waals surface area contributed by atoms with E-state index in [0.717, 1.165) is 24.9 Å². The monoisotopic (exact) mass is 351 g/mol. The van der Waals surface area contributed by atoms with E-state index in [4.69, 9.17) is 4.52 Å². The minimum Gasteiger partial charge on any atom is -0.481 e. The van der Waals surface area contributed by atoms with E-state index in [1.165, 1.54) is 0 Å². The predicted molar refractivity (Wildman–Crippen MR) is 91.1 cm³/mol. The van der Waals surface area contributed by atoms with Crippen LogP contribution in [0.1, 0.15) is 43.1 Å². The highest BCUT2D eigenvalue weighted by Gasteiger charge is 2.30. The van der Waals surface area contributed by atoms with Gasteiger partial charge in [0.25, 0.3) is 0 Å². The number of carboxylic acids is 1. The van der Waals surface area contributed by atoms with Crippen LogP contribution in [0.15, 0.2) is 34.9 Å². The van der Waals surface area contributed by atoms with E-state index in [1.807, 2.05) is 37.3 Å². The summed E-state index contributed by atoms with van der Waals surface area (Å²) in [6, 6.07) is 9.94. The van der Waals surface area contributed by atoms with Crippen LogP contribution in [0.3, 0.4) is 0 Å². The van der Waals surface area contributed by atoms with E-state index in [2.05, 4.69) is 15.0 Å². The Balaban J connectivity index is 0.00000208. The lowest BCUT2D eigenvalue weighted by Crippen LogP contribution is -2.40. The number of carbonyl (C=O) groups is 1. The molecule has 1 fully saturated rings. The molecule has 2 aromatic rings. The molecule has 130 valence electrons. The normalized spacial score (nSPS) is 19.5.